The molecule has 18 heavy (non-hydrogen) atoms. The van der Waals surface area contributed by atoms with E-state index in [2.05, 4.69) is 53.4 Å². The second-order valence-corrected chi connectivity index (χ2v) is 4.66. The van der Waals surface area contributed by atoms with E-state index in [0.717, 1.165) is 18.5 Å². The highest BCUT2D eigenvalue weighted by atomic mass is 14.9. The first-order chi connectivity index (χ1) is 8.75. The second kappa shape index (κ2) is 6.26. The summed E-state index contributed by atoms with van der Waals surface area (Å²) < 4.78 is 0. The van der Waals surface area contributed by atoms with E-state index in [9.17, 15) is 0 Å². The standard InChI is InChI=1S/C15H19N3/c1-12-5-3-4-6-15(12)7-13(2)18-10-14-8-16-11-17-9-14/h3-6,8-9,11,13,18H,7,10H2,1-2H3. The van der Waals surface area contributed by atoms with Crippen molar-refractivity contribution < 1.29 is 0 Å². The zero-order valence-corrected chi connectivity index (χ0v) is 10.9. The molecule has 1 aromatic heterocycles. The Labute approximate surface area is 108 Å². The van der Waals surface area contributed by atoms with Gasteiger partial charge in [-0.05, 0) is 31.4 Å². The highest BCUT2D eigenvalue weighted by molar-refractivity contribution is 5.26. The monoisotopic (exact) mass is 241 g/mol. The van der Waals surface area contributed by atoms with Gasteiger partial charge in [0.1, 0.15) is 6.33 Å². The summed E-state index contributed by atoms with van der Waals surface area (Å²) in [5.74, 6) is 0. The maximum Gasteiger partial charge on any atom is 0.115 e. The number of nitrogens with one attached hydrogen (secondary N) is 1. The summed E-state index contributed by atoms with van der Waals surface area (Å²) in [4.78, 5) is 8.02. The van der Waals surface area contributed by atoms with Crippen molar-refractivity contribution in [1.82, 2.24) is 15.3 Å². The summed E-state index contributed by atoms with van der Waals surface area (Å²) in [5.41, 5.74) is 3.88. The number of benzene rings is 1. The minimum absolute atomic E-state index is 0.436. The second-order valence-electron chi connectivity index (χ2n) is 4.66. The van der Waals surface area contributed by atoms with Crippen LogP contribution in [0.1, 0.15) is 23.6 Å². The summed E-state index contributed by atoms with van der Waals surface area (Å²) in [7, 11) is 0. The smallest absolute Gasteiger partial charge is 0.115 e. The van der Waals surface area contributed by atoms with E-state index in [-0.39, 0.29) is 0 Å². The number of hydrogen-bond acceptors (Lipinski definition) is 3. The number of hydrogen-bond donors (Lipinski definition) is 1. The summed E-state index contributed by atoms with van der Waals surface area (Å²) in [6, 6.07) is 8.97. The maximum absolute atomic E-state index is 4.01. The third kappa shape index (κ3) is 3.64. The molecule has 0 aliphatic carbocycles. The normalized spacial score (nSPS) is 12.3. The molecular weight excluding hydrogens is 222 g/mol. The van der Waals surface area contributed by atoms with Gasteiger partial charge in [0.05, 0.1) is 0 Å². The fourth-order valence-electron chi connectivity index (χ4n) is 1.95. The molecule has 1 unspecified atom stereocenters. The number of nitrogens with zero attached hydrogens (tertiary/aromatic N) is 2. The molecule has 2 rings (SSSR count). The predicted octanol–water partition coefficient (Wildman–Crippen LogP) is 2.51. The van der Waals surface area contributed by atoms with Crippen LogP contribution in [0.15, 0.2) is 43.0 Å². The van der Waals surface area contributed by atoms with Gasteiger partial charge in [-0.1, -0.05) is 24.3 Å². The van der Waals surface area contributed by atoms with Gasteiger partial charge in [0.15, 0.2) is 0 Å². The average Bonchev–Trinajstić information content (AvgIpc) is 2.40. The van der Waals surface area contributed by atoms with Crippen molar-refractivity contribution in [2.24, 2.45) is 0 Å². The quantitative estimate of drug-likeness (QED) is 0.874. The van der Waals surface area contributed by atoms with E-state index < -0.39 is 0 Å². The Bertz CT molecular complexity index is 482. The number of aromatic nitrogens is 2. The van der Waals surface area contributed by atoms with Crippen LogP contribution >= 0.6 is 0 Å². The van der Waals surface area contributed by atoms with E-state index in [4.69, 9.17) is 0 Å². The maximum atomic E-state index is 4.01. The van der Waals surface area contributed by atoms with Crippen LogP contribution in [0.25, 0.3) is 0 Å². The van der Waals surface area contributed by atoms with Crippen LogP contribution in [0.2, 0.25) is 0 Å². The Balaban J connectivity index is 1.86. The molecule has 3 nitrogen and oxygen atoms in total. The SMILES string of the molecule is Cc1ccccc1CC(C)NCc1cncnc1. The molecule has 0 aliphatic rings. The largest absolute Gasteiger partial charge is 0.310 e. The Morgan fingerprint density at radius 2 is 1.89 bits per heavy atom. The zero-order chi connectivity index (χ0) is 12.8. The molecule has 2 aromatic rings. The van der Waals surface area contributed by atoms with E-state index in [1.165, 1.54) is 11.1 Å². The van der Waals surface area contributed by atoms with Crippen LogP contribution in [-0.4, -0.2) is 16.0 Å². The van der Waals surface area contributed by atoms with Gasteiger partial charge in [0.25, 0.3) is 0 Å². The fourth-order valence-corrected chi connectivity index (χ4v) is 1.95. The number of aryl methyl sites for hydroxylation is 1. The lowest BCUT2D eigenvalue weighted by atomic mass is 10.0. The van der Waals surface area contributed by atoms with Crippen molar-refractivity contribution in [1.29, 1.82) is 0 Å². The molecule has 1 heterocycles. The Kier molecular flexibility index (Phi) is 4.42. The minimum atomic E-state index is 0.436. The first kappa shape index (κ1) is 12.7. The summed E-state index contributed by atoms with van der Waals surface area (Å²) in [5, 5.41) is 3.49. The highest BCUT2D eigenvalue weighted by Gasteiger charge is 2.05. The van der Waals surface area contributed by atoms with Crippen molar-refractivity contribution in [3.05, 3.63) is 59.7 Å². The summed E-state index contributed by atoms with van der Waals surface area (Å²) >= 11 is 0. The molecular formula is C15H19N3. The third-order valence-corrected chi connectivity index (χ3v) is 3.06. The van der Waals surface area contributed by atoms with Gasteiger partial charge in [-0.25, -0.2) is 9.97 Å². The van der Waals surface area contributed by atoms with Crippen LogP contribution in [-0.2, 0) is 13.0 Å². The van der Waals surface area contributed by atoms with Crippen LogP contribution in [0.4, 0.5) is 0 Å². The van der Waals surface area contributed by atoms with Gasteiger partial charge >= 0.3 is 0 Å². The van der Waals surface area contributed by atoms with Crippen LogP contribution in [0, 0.1) is 6.92 Å². The average molecular weight is 241 g/mol. The minimum Gasteiger partial charge on any atom is -0.310 e. The molecule has 0 bridgehead atoms. The van der Waals surface area contributed by atoms with E-state index in [1.54, 1.807) is 6.33 Å². The summed E-state index contributed by atoms with van der Waals surface area (Å²) in [6.07, 6.45) is 6.29. The topological polar surface area (TPSA) is 37.8 Å². The first-order valence-electron chi connectivity index (χ1n) is 6.27. The van der Waals surface area contributed by atoms with Gasteiger partial charge in [0.2, 0.25) is 0 Å². The van der Waals surface area contributed by atoms with Crippen molar-refractivity contribution in [3.8, 4) is 0 Å². The van der Waals surface area contributed by atoms with Crippen molar-refractivity contribution in [2.75, 3.05) is 0 Å². The van der Waals surface area contributed by atoms with Crippen molar-refractivity contribution in [2.45, 2.75) is 32.9 Å². The molecule has 1 N–H and O–H groups in total. The highest BCUT2D eigenvalue weighted by Crippen LogP contribution is 2.09. The van der Waals surface area contributed by atoms with Gasteiger partial charge in [-0.2, -0.15) is 0 Å². The molecule has 0 saturated carbocycles. The van der Waals surface area contributed by atoms with Gasteiger partial charge in [-0.3, -0.25) is 0 Å². The van der Waals surface area contributed by atoms with Gasteiger partial charge in [-0.15, -0.1) is 0 Å². The lowest BCUT2D eigenvalue weighted by molar-refractivity contribution is 0.543. The molecule has 0 amide bonds. The molecule has 0 aliphatic heterocycles. The summed E-state index contributed by atoms with van der Waals surface area (Å²) in [6.45, 7) is 5.18. The van der Waals surface area contributed by atoms with E-state index in [0.29, 0.717) is 6.04 Å². The van der Waals surface area contributed by atoms with E-state index >= 15 is 0 Å². The third-order valence-electron chi connectivity index (χ3n) is 3.06. The molecule has 0 radical (unpaired) electrons. The lowest BCUT2D eigenvalue weighted by Gasteiger charge is -2.15. The Morgan fingerprint density at radius 3 is 2.61 bits per heavy atom. The van der Waals surface area contributed by atoms with E-state index in [1.807, 2.05) is 12.4 Å². The Morgan fingerprint density at radius 1 is 1.17 bits per heavy atom. The van der Waals surface area contributed by atoms with Gasteiger partial charge < -0.3 is 5.32 Å². The van der Waals surface area contributed by atoms with Crippen molar-refractivity contribution >= 4 is 0 Å². The fraction of sp³-hybridized carbons (Fsp3) is 0.333. The zero-order valence-electron chi connectivity index (χ0n) is 10.9. The van der Waals surface area contributed by atoms with Crippen LogP contribution in [0.3, 0.4) is 0 Å². The lowest BCUT2D eigenvalue weighted by Crippen LogP contribution is -2.27. The first-order valence-corrected chi connectivity index (χ1v) is 6.27. The molecule has 94 valence electrons. The Hall–Kier alpha value is -1.74. The molecule has 0 fully saturated rings. The molecule has 0 spiro atoms. The molecule has 1 aromatic carbocycles. The van der Waals surface area contributed by atoms with Crippen LogP contribution in [0.5, 0.6) is 0 Å². The number of rotatable bonds is 5. The molecule has 0 saturated heterocycles. The predicted molar refractivity (Wildman–Crippen MR) is 73.2 cm³/mol. The van der Waals surface area contributed by atoms with Crippen LogP contribution < -0.4 is 5.32 Å². The molecule has 1 atom stereocenters. The van der Waals surface area contributed by atoms with Crippen molar-refractivity contribution in [3.63, 3.8) is 0 Å². The van der Waals surface area contributed by atoms with Gasteiger partial charge in [0, 0.05) is 30.5 Å². The molecule has 3 heteroatoms.